The second-order valence-corrected chi connectivity index (χ2v) is 28.9. The first kappa shape index (κ1) is 82.8. The van der Waals surface area contributed by atoms with Gasteiger partial charge in [0.05, 0.1) is 0 Å². The number of aromatic nitrogens is 1. The molecule has 106 heavy (non-hydrogen) atoms. The summed E-state index contributed by atoms with van der Waals surface area (Å²) in [6.45, 7) is 1.67. The molecule has 0 spiro atoms. The molecule has 0 radical (unpaired) electrons. The summed E-state index contributed by atoms with van der Waals surface area (Å²) in [6, 6.07) is 4.71. The number of guanidine groups is 1. The lowest BCUT2D eigenvalue weighted by atomic mass is 9.95. The summed E-state index contributed by atoms with van der Waals surface area (Å²) in [4.78, 5) is 206. The monoisotopic (exact) mass is 1510 g/mol. The van der Waals surface area contributed by atoms with E-state index in [1.807, 2.05) is 6.92 Å². The topological polar surface area (TPSA) is 555 Å². The van der Waals surface area contributed by atoms with Gasteiger partial charge in [-0.3, -0.25) is 72.1 Å². The molecule has 2 saturated heterocycles. The normalized spacial score (nSPS) is 22.8. The van der Waals surface area contributed by atoms with Crippen LogP contribution in [-0.4, -0.2) is 212 Å². The van der Waals surface area contributed by atoms with E-state index in [0.29, 0.717) is 59.7 Å². The Morgan fingerprint density at radius 1 is 0.642 bits per heavy atom. The smallest absolute Gasteiger partial charge is 0.303 e. The fourth-order valence-corrected chi connectivity index (χ4v) is 14.9. The highest BCUT2D eigenvalue weighted by Crippen LogP contribution is 2.30. The SMILES string of the molecule is Cc1ccc(C[C@@H]2NC(=O)[C@H](C3CCCC3)NC(=O)[C@@H](NC(=O)[C@H](Cc3ccc(O)cc3)NC(=O)[C@@H]3CCCN3C(=O)CCN)CSSC[C@H](C(N)=O)NC(=O)[C@H](CCC(=O)O)NC(=O)[C@H](Cc3c[nH]c4ccccc34)NC(=O)[C@H](CCC(=O)O)NC(=O)CCNC(=O)[C@H](CCCN=C(N)N)NC2=O)cc1. The van der Waals surface area contributed by atoms with E-state index in [-0.39, 0.29) is 93.7 Å². The number of hydrogen-bond donors (Lipinski definition) is 18. The van der Waals surface area contributed by atoms with Crippen molar-refractivity contribution in [2.24, 2.45) is 33.8 Å². The first-order valence-electron chi connectivity index (χ1n) is 35.1. The van der Waals surface area contributed by atoms with Crippen LogP contribution in [-0.2, 0) is 86.4 Å². The van der Waals surface area contributed by atoms with E-state index in [4.69, 9.17) is 22.9 Å². The Balaban J connectivity index is 1.28. The Morgan fingerprint density at radius 3 is 1.89 bits per heavy atom. The summed E-state index contributed by atoms with van der Waals surface area (Å²) >= 11 is 0. The molecule has 4 aromatic rings. The molecule has 12 amide bonds. The standard InChI is InChI=1S/C70H95N17O17S2/c1-38-14-16-39(17-15-38)32-50-64(99)79-46(12-6-29-76-70(73)74)61(96)75-30-27-55(89)78-47(22-24-57(91)92)62(97)81-51(34-42-35-77-45-11-5-4-10-44(42)45)66(101)80-48(23-25-58(93)94)63(98)84-52(60(72)95)36-105-106-37-53(67(102)86-59(69(104)83-50)41-8-2-3-9-41)85-65(100)49(33-40-18-20-43(88)21-19-40)82-68(103)54-13-7-31-87(54)56(90)26-28-71/h4-5,10-11,14-21,35,41,46-54,59,77,88H,2-3,6-9,12-13,22-34,36-37,71H2,1H3,(H2,72,95)(H,75,96)(H,78,89)(H,79,99)(H,80,101)(H,81,97)(H,82,103)(H,83,104)(H,84,98)(H,85,100)(H,86,102)(H,91,92)(H,93,94)(H4,73,74,76)/t46-,47-,48-,49-,50-,51-,52+,53-,54-,59-/m0/s1. The van der Waals surface area contributed by atoms with Crippen molar-refractivity contribution in [1.82, 2.24) is 63.1 Å². The van der Waals surface area contributed by atoms with Gasteiger partial charge in [-0.1, -0.05) is 94.6 Å². The van der Waals surface area contributed by atoms with Crippen molar-refractivity contribution in [1.29, 1.82) is 0 Å². The first-order valence-corrected chi connectivity index (χ1v) is 37.6. The van der Waals surface area contributed by atoms with Gasteiger partial charge in [0, 0.05) is 99.7 Å². The lowest BCUT2D eigenvalue weighted by Crippen LogP contribution is -2.61. The van der Waals surface area contributed by atoms with Gasteiger partial charge in [-0.15, -0.1) is 0 Å². The van der Waals surface area contributed by atoms with E-state index >= 15 is 14.4 Å². The zero-order valence-electron chi connectivity index (χ0n) is 58.7. The van der Waals surface area contributed by atoms with Crippen LogP contribution in [0.15, 0.2) is 84.0 Å². The molecule has 1 aliphatic carbocycles. The number of aryl methyl sites for hydroxylation is 1. The number of carboxylic acid groups (broad SMARTS) is 2. The van der Waals surface area contributed by atoms with Gasteiger partial charge in [0.25, 0.3) is 0 Å². The summed E-state index contributed by atoms with van der Waals surface area (Å²) < 4.78 is 0. The maximum Gasteiger partial charge on any atom is 0.303 e. The van der Waals surface area contributed by atoms with E-state index in [1.54, 1.807) is 54.7 Å². The van der Waals surface area contributed by atoms with Crippen LogP contribution in [0.4, 0.5) is 0 Å². The minimum absolute atomic E-state index is 0.00133. The number of H-pyrrole nitrogens is 1. The third-order valence-corrected chi connectivity index (χ3v) is 20.7. The van der Waals surface area contributed by atoms with Gasteiger partial charge >= 0.3 is 11.9 Å². The average molecular weight is 1510 g/mol. The van der Waals surface area contributed by atoms with Gasteiger partial charge in [0.15, 0.2) is 5.96 Å². The number of aromatic amines is 1. The molecule has 0 unspecified atom stereocenters. The highest BCUT2D eigenvalue weighted by atomic mass is 33.1. The highest BCUT2D eigenvalue weighted by molar-refractivity contribution is 8.76. The van der Waals surface area contributed by atoms with Crippen molar-refractivity contribution < 1.29 is 82.4 Å². The predicted molar refractivity (Wildman–Crippen MR) is 392 cm³/mol. The van der Waals surface area contributed by atoms with Crippen LogP contribution < -0.4 is 76.1 Å². The molecule has 2 aliphatic heterocycles. The number of fused-ring (bicyclic) bond motifs is 1. The number of rotatable bonds is 24. The third-order valence-electron chi connectivity index (χ3n) is 18.3. The molecule has 574 valence electrons. The van der Waals surface area contributed by atoms with E-state index in [2.05, 4.69) is 63.1 Å². The Hall–Kier alpha value is -10.5. The zero-order chi connectivity index (χ0) is 77.0. The summed E-state index contributed by atoms with van der Waals surface area (Å²) in [7, 11) is 1.75. The fraction of sp³-hybridized carbons (Fsp3) is 0.500. The number of aromatic hydroxyl groups is 1. The molecule has 1 saturated carbocycles. The molecule has 0 bridgehead atoms. The molecule has 3 aliphatic rings. The predicted octanol–water partition coefficient (Wildman–Crippen LogP) is -1.73. The van der Waals surface area contributed by atoms with Crippen LogP contribution in [0.1, 0.15) is 112 Å². The molecule has 22 N–H and O–H groups in total. The molecule has 7 rings (SSSR count). The van der Waals surface area contributed by atoms with Gasteiger partial charge in [-0.05, 0) is 99.1 Å². The third kappa shape index (κ3) is 26.0. The lowest BCUT2D eigenvalue weighted by Gasteiger charge is -2.30. The molecule has 10 atom stereocenters. The first-order chi connectivity index (χ1) is 50.7. The number of aliphatic carboxylic acids is 2. The van der Waals surface area contributed by atoms with E-state index in [1.165, 1.54) is 29.2 Å². The molecule has 1 aromatic heterocycles. The largest absolute Gasteiger partial charge is 0.508 e. The van der Waals surface area contributed by atoms with Gasteiger partial charge in [-0.25, -0.2) is 0 Å². The summed E-state index contributed by atoms with van der Waals surface area (Å²) in [6.07, 6.45) is 0.594. The van der Waals surface area contributed by atoms with Crippen LogP contribution >= 0.6 is 21.6 Å². The number of nitrogens with zero attached hydrogens (tertiary/aromatic N) is 2. The number of benzene rings is 3. The number of carbonyl (C=O) groups excluding carboxylic acids is 12. The quantitative estimate of drug-likeness (QED) is 0.0160. The van der Waals surface area contributed by atoms with Gasteiger partial charge < -0.3 is 101 Å². The second kappa shape index (κ2) is 41.3. The number of nitrogens with two attached hydrogens (primary N) is 4. The molecule has 3 aromatic carbocycles. The van der Waals surface area contributed by atoms with Crippen LogP contribution in [0.2, 0.25) is 0 Å². The highest BCUT2D eigenvalue weighted by Gasteiger charge is 2.40. The minimum atomic E-state index is -1.75. The zero-order valence-corrected chi connectivity index (χ0v) is 60.3. The number of carboxylic acids is 2. The average Bonchev–Trinajstić information content (AvgIpc) is 1.65. The van der Waals surface area contributed by atoms with Crippen molar-refractivity contribution in [3.05, 3.63) is 101 Å². The van der Waals surface area contributed by atoms with Crippen molar-refractivity contribution in [3.63, 3.8) is 0 Å². The maximum atomic E-state index is 15.3. The van der Waals surface area contributed by atoms with Crippen LogP contribution in [0, 0.1) is 12.8 Å². The number of amides is 12. The number of nitrogens with one attached hydrogen (secondary N) is 11. The number of phenolic OH excluding ortho intramolecular Hbond substituents is 1. The number of hydrogen-bond acceptors (Lipinski definition) is 19. The summed E-state index contributed by atoms with van der Waals surface area (Å²) in [5.74, 6) is -15.1. The van der Waals surface area contributed by atoms with Gasteiger partial charge in [0.1, 0.15) is 66.2 Å². The Labute approximate surface area is 618 Å². The number of phenols is 1. The van der Waals surface area contributed by atoms with E-state index in [0.717, 1.165) is 27.2 Å². The number of primary amides is 1. The number of para-hydroxylation sites is 1. The lowest BCUT2D eigenvalue weighted by molar-refractivity contribution is -0.139. The van der Waals surface area contributed by atoms with Crippen molar-refractivity contribution in [2.45, 2.75) is 176 Å². The van der Waals surface area contributed by atoms with Crippen molar-refractivity contribution in [2.75, 3.05) is 37.7 Å². The number of likely N-dealkylation sites (tertiary alicyclic amines) is 1. The van der Waals surface area contributed by atoms with Gasteiger partial charge in [0.2, 0.25) is 70.9 Å². The molecule has 36 heteroatoms. The minimum Gasteiger partial charge on any atom is -0.508 e. The van der Waals surface area contributed by atoms with E-state index < -0.39 is 182 Å². The Kier molecular flexibility index (Phi) is 32.2. The summed E-state index contributed by atoms with van der Waals surface area (Å²) in [5.41, 5.74) is 25.8. The van der Waals surface area contributed by atoms with Crippen molar-refractivity contribution >= 4 is 121 Å². The molecular formula is C70H95N17O17S2. The molecule has 3 fully saturated rings. The maximum absolute atomic E-state index is 15.3. The van der Waals surface area contributed by atoms with E-state index in [9.17, 15) is 68.1 Å². The number of aliphatic imine (C=N–C) groups is 1. The van der Waals surface area contributed by atoms with Crippen molar-refractivity contribution in [3.8, 4) is 5.75 Å². The van der Waals surface area contributed by atoms with Crippen LogP contribution in [0.3, 0.4) is 0 Å². The summed E-state index contributed by atoms with van der Waals surface area (Å²) in [5, 5.41) is 57.0. The van der Waals surface area contributed by atoms with Crippen LogP contribution in [0.25, 0.3) is 10.9 Å². The number of carbonyl (C=O) groups is 14. The fourth-order valence-electron chi connectivity index (χ4n) is 12.6. The van der Waals surface area contributed by atoms with Gasteiger partial charge in [-0.2, -0.15) is 0 Å². The molecular weight excluding hydrogens is 1420 g/mol. The second-order valence-electron chi connectivity index (χ2n) is 26.3. The Morgan fingerprint density at radius 2 is 1.24 bits per heavy atom. The van der Waals surface area contributed by atoms with Crippen LogP contribution in [0.5, 0.6) is 5.75 Å². The molecule has 34 nitrogen and oxygen atoms in total. The molecule has 3 heterocycles. The Bertz CT molecular complexity index is 3820.